The lowest BCUT2D eigenvalue weighted by molar-refractivity contribution is -0.137. The first-order valence-corrected chi connectivity index (χ1v) is 14.1. The standard InChI is InChI=1S/C26H43NO5S/c1-2-3-21-33(31)22-14-10-8-6-4-5-7-9-11-18-25(28)27-23-16-12-13-17-24(23)32-20-15-19-26(29)30/h12-13,16-17H,2-11,14-15,18-22H2,1H3,(H,27,28)(H,29,30). The van der Waals surface area contributed by atoms with E-state index in [2.05, 4.69) is 12.2 Å². The van der Waals surface area contributed by atoms with Crippen molar-refractivity contribution in [1.82, 2.24) is 0 Å². The van der Waals surface area contributed by atoms with E-state index in [4.69, 9.17) is 9.84 Å². The molecule has 0 aliphatic carbocycles. The average molecular weight is 482 g/mol. The molecule has 1 atom stereocenters. The number of nitrogens with one attached hydrogen (secondary N) is 1. The Balaban J connectivity index is 2.03. The van der Waals surface area contributed by atoms with Crippen LogP contribution in [0.25, 0.3) is 0 Å². The van der Waals surface area contributed by atoms with E-state index in [-0.39, 0.29) is 12.3 Å². The SMILES string of the molecule is CCCC[S+]([O-])CCCCCCCCCCCC(=O)Nc1ccccc1OCCCC(=O)O. The third-order valence-electron chi connectivity index (χ3n) is 5.46. The summed E-state index contributed by atoms with van der Waals surface area (Å²) in [5.41, 5.74) is 0.632. The molecular formula is C26H43NO5S. The zero-order valence-corrected chi connectivity index (χ0v) is 21.1. The number of carbonyl (C=O) groups excluding carboxylic acids is 1. The zero-order valence-electron chi connectivity index (χ0n) is 20.3. The number of carboxylic acids is 1. The van der Waals surface area contributed by atoms with Crippen LogP contribution >= 0.6 is 0 Å². The summed E-state index contributed by atoms with van der Waals surface area (Å²) in [6, 6.07) is 7.25. The molecule has 0 aliphatic rings. The van der Waals surface area contributed by atoms with Crippen LogP contribution < -0.4 is 10.1 Å². The lowest BCUT2D eigenvalue weighted by Gasteiger charge is -2.12. The van der Waals surface area contributed by atoms with Crippen molar-refractivity contribution in [1.29, 1.82) is 0 Å². The van der Waals surface area contributed by atoms with Gasteiger partial charge in [-0.1, -0.05) is 75.2 Å². The zero-order chi connectivity index (χ0) is 24.2. The molecular weight excluding hydrogens is 438 g/mol. The number of ether oxygens (including phenoxy) is 1. The summed E-state index contributed by atoms with van der Waals surface area (Å²) in [6.07, 6.45) is 13.4. The van der Waals surface area contributed by atoms with Crippen LogP contribution in [0.5, 0.6) is 5.75 Å². The van der Waals surface area contributed by atoms with E-state index in [1.807, 2.05) is 12.1 Å². The van der Waals surface area contributed by atoms with Crippen LogP contribution in [0.3, 0.4) is 0 Å². The normalized spacial score (nSPS) is 11.8. The Morgan fingerprint density at radius 1 is 0.879 bits per heavy atom. The maximum absolute atomic E-state index is 12.3. The summed E-state index contributed by atoms with van der Waals surface area (Å²) in [7, 11) is 0. The number of para-hydroxylation sites is 2. The first-order chi connectivity index (χ1) is 16.0. The number of aliphatic carboxylic acids is 1. The second-order valence-corrected chi connectivity index (χ2v) is 10.2. The summed E-state index contributed by atoms with van der Waals surface area (Å²) in [5, 5.41) is 11.6. The van der Waals surface area contributed by atoms with Crippen LogP contribution in [0.15, 0.2) is 24.3 Å². The molecule has 0 aromatic heterocycles. The van der Waals surface area contributed by atoms with Crippen molar-refractivity contribution >= 4 is 28.7 Å². The van der Waals surface area contributed by atoms with Gasteiger partial charge >= 0.3 is 5.97 Å². The van der Waals surface area contributed by atoms with Gasteiger partial charge in [0.05, 0.1) is 12.3 Å². The van der Waals surface area contributed by atoms with Crippen molar-refractivity contribution in [2.24, 2.45) is 0 Å². The molecule has 0 aliphatic heterocycles. The summed E-state index contributed by atoms with van der Waals surface area (Å²) in [4.78, 5) is 22.8. The molecule has 0 saturated heterocycles. The molecule has 0 saturated carbocycles. The minimum absolute atomic E-state index is 0.0205. The molecule has 0 bridgehead atoms. The fourth-order valence-electron chi connectivity index (χ4n) is 3.51. The highest BCUT2D eigenvalue weighted by atomic mass is 32.2. The highest BCUT2D eigenvalue weighted by Gasteiger charge is 2.08. The maximum Gasteiger partial charge on any atom is 0.303 e. The first-order valence-electron chi connectivity index (χ1n) is 12.6. The monoisotopic (exact) mass is 481 g/mol. The lowest BCUT2D eigenvalue weighted by Crippen LogP contribution is -2.12. The van der Waals surface area contributed by atoms with E-state index >= 15 is 0 Å². The van der Waals surface area contributed by atoms with Gasteiger partial charge < -0.3 is 19.7 Å². The molecule has 188 valence electrons. The molecule has 33 heavy (non-hydrogen) atoms. The van der Waals surface area contributed by atoms with Gasteiger partial charge in [-0.3, -0.25) is 9.59 Å². The summed E-state index contributed by atoms with van der Waals surface area (Å²) in [6.45, 7) is 2.44. The number of carbonyl (C=O) groups is 2. The quantitative estimate of drug-likeness (QED) is 0.158. The number of amides is 1. The lowest BCUT2D eigenvalue weighted by atomic mass is 10.1. The number of anilines is 1. The molecule has 1 aromatic rings. The topological polar surface area (TPSA) is 98.7 Å². The summed E-state index contributed by atoms with van der Waals surface area (Å²) in [5.74, 6) is 1.44. The van der Waals surface area contributed by atoms with Crippen molar-refractivity contribution in [2.75, 3.05) is 23.4 Å². The first kappa shape index (κ1) is 29.3. The van der Waals surface area contributed by atoms with Gasteiger partial charge in [-0.2, -0.15) is 0 Å². The largest absolute Gasteiger partial charge is 0.616 e. The predicted octanol–water partition coefficient (Wildman–Crippen LogP) is 6.32. The van der Waals surface area contributed by atoms with Gasteiger partial charge in [-0.25, -0.2) is 0 Å². The van der Waals surface area contributed by atoms with Crippen molar-refractivity contribution in [3.8, 4) is 5.75 Å². The predicted molar refractivity (Wildman–Crippen MR) is 136 cm³/mol. The average Bonchev–Trinajstić information content (AvgIpc) is 2.79. The molecule has 1 unspecified atom stereocenters. The molecule has 1 aromatic carbocycles. The van der Waals surface area contributed by atoms with Crippen LogP contribution in [0.4, 0.5) is 5.69 Å². The minimum Gasteiger partial charge on any atom is -0.616 e. The van der Waals surface area contributed by atoms with E-state index in [1.54, 1.807) is 12.1 Å². The van der Waals surface area contributed by atoms with E-state index in [1.165, 1.54) is 32.1 Å². The minimum atomic E-state index is -0.841. The van der Waals surface area contributed by atoms with Crippen molar-refractivity contribution in [2.45, 2.75) is 96.8 Å². The smallest absolute Gasteiger partial charge is 0.303 e. The van der Waals surface area contributed by atoms with Crippen molar-refractivity contribution in [3.05, 3.63) is 24.3 Å². The summed E-state index contributed by atoms with van der Waals surface area (Å²) >= 11 is -0.614. The number of rotatable bonds is 21. The van der Waals surface area contributed by atoms with E-state index in [9.17, 15) is 14.1 Å². The van der Waals surface area contributed by atoms with Gasteiger partial charge in [-0.15, -0.1) is 0 Å². The van der Waals surface area contributed by atoms with Crippen LogP contribution in [0.1, 0.15) is 96.8 Å². The van der Waals surface area contributed by atoms with Crippen LogP contribution in [0.2, 0.25) is 0 Å². The number of unbranched alkanes of at least 4 members (excludes halogenated alkanes) is 9. The van der Waals surface area contributed by atoms with Crippen molar-refractivity contribution in [3.63, 3.8) is 0 Å². The van der Waals surface area contributed by atoms with E-state index < -0.39 is 17.1 Å². The number of carboxylic acid groups (broad SMARTS) is 1. The second-order valence-electron chi connectivity index (χ2n) is 8.52. The van der Waals surface area contributed by atoms with Gasteiger partial charge in [0.25, 0.3) is 0 Å². The molecule has 7 heteroatoms. The third kappa shape index (κ3) is 16.5. The van der Waals surface area contributed by atoms with Crippen LogP contribution in [-0.2, 0) is 20.8 Å². The Hall–Kier alpha value is -1.73. The van der Waals surface area contributed by atoms with Crippen LogP contribution in [-0.4, -0.2) is 39.6 Å². The van der Waals surface area contributed by atoms with Crippen molar-refractivity contribution < 1.29 is 24.0 Å². The van der Waals surface area contributed by atoms with E-state index in [0.29, 0.717) is 30.9 Å². The highest BCUT2D eigenvalue weighted by molar-refractivity contribution is 7.91. The fourth-order valence-corrected chi connectivity index (χ4v) is 4.85. The fraction of sp³-hybridized carbons (Fsp3) is 0.692. The van der Waals surface area contributed by atoms with Crippen LogP contribution in [0, 0.1) is 0 Å². The Kier molecular flexibility index (Phi) is 17.5. The van der Waals surface area contributed by atoms with E-state index in [0.717, 1.165) is 50.0 Å². The molecule has 2 N–H and O–H groups in total. The maximum atomic E-state index is 12.3. The Morgan fingerprint density at radius 2 is 1.48 bits per heavy atom. The van der Waals surface area contributed by atoms with Gasteiger partial charge in [0, 0.05) is 12.8 Å². The number of benzene rings is 1. The molecule has 0 heterocycles. The molecule has 0 fully saturated rings. The van der Waals surface area contributed by atoms with Gasteiger partial charge in [-0.05, 0) is 44.2 Å². The van der Waals surface area contributed by atoms with Gasteiger partial charge in [0.1, 0.15) is 17.3 Å². The summed E-state index contributed by atoms with van der Waals surface area (Å²) < 4.78 is 17.4. The molecule has 1 rings (SSSR count). The molecule has 0 spiro atoms. The Bertz CT molecular complexity index is 655. The number of hydrogen-bond acceptors (Lipinski definition) is 4. The third-order valence-corrected chi connectivity index (χ3v) is 6.94. The Morgan fingerprint density at radius 3 is 2.15 bits per heavy atom. The Labute approximate surface area is 203 Å². The molecule has 1 amide bonds. The highest BCUT2D eigenvalue weighted by Crippen LogP contribution is 2.24. The van der Waals surface area contributed by atoms with Gasteiger partial charge in [0.2, 0.25) is 5.91 Å². The van der Waals surface area contributed by atoms with Gasteiger partial charge in [0.15, 0.2) is 0 Å². The number of hydrogen-bond donors (Lipinski definition) is 2. The second kappa shape index (κ2) is 19.7. The molecule has 0 radical (unpaired) electrons. The molecule has 6 nitrogen and oxygen atoms in total.